The van der Waals surface area contributed by atoms with E-state index in [0.29, 0.717) is 50.8 Å². The van der Waals surface area contributed by atoms with Crippen LogP contribution < -0.4 is 20.3 Å². The predicted octanol–water partition coefficient (Wildman–Crippen LogP) is 5.01. The van der Waals surface area contributed by atoms with Crippen LogP contribution in [0.2, 0.25) is 5.02 Å². The Balaban J connectivity index is 1.42. The third kappa shape index (κ3) is 3.67. The number of rotatable bonds is 4. The maximum absolute atomic E-state index is 13.4. The van der Waals surface area contributed by atoms with Gasteiger partial charge in [0.25, 0.3) is 5.56 Å². The van der Waals surface area contributed by atoms with Gasteiger partial charge in [0.05, 0.1) is 5.56 Å². The molecule has 0 radical (unpaired) electrons. The fourth-order valence-corrected chi connectivity index (χ4v) is 5.84. The Morgan fingerprint density at radius 3 is 2.82 bits per heavy atom. The van der Waals surface area contributed by atoms with E-state index >= 15 is 0 Å². The molecule has 6 rings (SSSR count). The average Bonchev–Trinajstić information content (AvgIpc) is 3.30. The number of aromatic nitrogens is 2. The quantitative estimate of drug-likeness (QED) is 0.390. The summed E-state index contributed by atoms with van der Waals surface area (Å²) in [6.07, 6.45) is 1.97. The van der Waals surface area contributed by atoms with Crippen molar-refractivity contribution in [3.05, 3.63) is 85.8 Å². The fourth-order valence-electron chi connectivity index (χ4n) is 4.70. The highest BCUT2D eigenvalue weighted by atomic mass is 35.5. The van der Waals surface area contributed by atoms with Gasteiger partial charge in [0.1, 0.15) is 5.82 Å². The Morgan fingerprint density at radius 1 is 1.09 bits per heavy atom. The Bertz CT molecular complexity index is 1420. The number of anilines is 1. The molecule has 3 aliphatic rings. The molecular formula is C25H20ClN3O4S. The van der Waals surface area contributed by atoms with Gasteiger partial charge in [0.15, 0.2) is 22.4 Å². The molecule has 7 nitrogen and oxygen atoms in total. The van der Waals surface area contributed by atoms with Crippen molar-refractivity contribution >= 4 is 35.0 Å². The normalized spacial score (nSPS) is 18.4. The van der Waals surface area contributed by atoms with Gasteiger partial charge in [-0.3, -0.25) is 9.59 Å². The van der Waals surface area contributed by atoms with E-state index in [1.807, 2.05) is 42.5 Å². The van der Waals surface area contributed by atoms with Gasteiger partial charge in [-0.15, -0.1) is 0 Å². The number of aromatic amines is 1. The monoisotopic (exact) mass is 493 g/mol. The van der Waals surface area contributed by atoms with Gasteiger partial charge in [0.2, 0.25) is 6.79 Å². The molecule has 9 heteroatoms. The lowest BCUT2D eigenvalue weighted by Crippen LogP contribution is -2.32. The summed E-state index contributed by atoms with van der Waals surface area (Å²) in [7, 11) is 0. The second kappa shape index (κ2) is 8.52. The number of hydrogen-bond donors (Lipinski definition) is 2. The number of Topliss-reactive ketones (excluding diaryl/α,β-unsaturated/α-hetero) is 1. The summed E-state index contributed by atoms with van der Waals surface area (Å²) in [5, 5.41) is 4.47. The zero-order valence-electron chi connectivity index (χ0n) is 18.0. The molecule has 0 fully saturated rings. The second-order valence-electron chi connectivity index (χ2n) is 8.35. The molecular weight excluding hydrogens is 474 g/mol. The van der Waals surface area contributed by atoms with Crippen LogP contribution in [0.3, 0.4) is 0 Å². The molecule has 1 unspecified atom stereocenters. The zero-order chi connectivity index (χ0) is 23.2. The number of thioether (sulfide) groups is 1. The maximum atomic E-state index is 13.4. The highest BCUT2D eigenvalue weighted by Gasteiger charge is 2.38. The van der Waals surface area contributed by atoms with Crippen molar-refractivity contribution < 1.29 is 14.3 Å². The number of ether oxygens (including phenoxy) is 2. The number of carbonyl (C=O) groups excluding carboxylic acids is 1. The molecule has 2 aliphatic heterocycles. The Labute approximate surface area is 204 Å². The fraction of sp³-hybridized carbons (Fsp3) is 0.240. The first-order chi connectivity index (χ1) is 16.6. The van der Waals surface area contributed by atoms with Crippen molar-refractivity contribution in [3.8, 4) is 11.5 Å². The third-order valence-electron chi connectivity index (χ3n) is 6.29. The van der Waals surface area contributed by atoms with Crippen molar-refractivity contribution in [2.45, 2.75) is 36.1 Å². The largest absolute Gasteiger partial charge is 0.454 e. The van der Waals surface area contributed by atoms with E-state index in [0.717, 1.165) is 29.7 Å². The number of hydrogen-bond acceptors (Lipinski definition) is 7. The summed E-state index contributed by atoms with van der Waals surface area (Å²) in [6, 6.07) is 13.2. The van der Waals surface area contributed by atoms with Gasteiger partial charge < -0.3 is 19.8 Å². The standard InChI is InChI=1S/C25H20ClN3O4S/c26-15-5-2-1-4-14(15)11-34-25-28-23-22(24(31)29-25)20(21-16(27-23)6-3-7-17(21)30)13-8-9-18-19(10-13)33-12-32-18/h1-2,4-5,8-10,20H,3,6-7,11-12H2,(H2,27,28,29,31). The molecule has 2 N–H and O–H groups in total. The van der Waals surface area contributed by atoms with Crippen molar-refractivity contribution in [1.82, 2.24) is 9.97 Å². The van der Waals surface area contributed by atoms with Gasteiger partial charge in [0, 0.05) is 34.4 Å². The molecule has 3 heterocycles. The van der Waals surface area contributed by atoms with E-state index < -0.39 is 5.92 Å². The maximum Gasteiger partial charge on any atom is 0.257 e. The van der Waals surface area contributed by atoms with E-state index in [1.54, 1.807) is 0 Å². The van der Waals surface area contributed by atoms with Gasteiger partial charge in [-0.25, -0.2) is 4.98 Å². The zero-order valence-corrected chi connectivity index (χ0v) is 19.6. The van der Waals surface area contributed by atoms with Crippen molar-refractivity contribution in [1.29, 1.82) is 0 Å². The van der Waals surface area contributed by atoms with Crippen LogP contribution in [-0.2, 0) is 10.5 Å². The molecule has 34 heavy (non-hydrogen) atoms. The number of ketones is 1. The van der Waals surface area contributed by atoms with Crippen LogP contribution in [0.4, 0.5) is 5.82 Å². The van der Waals surface area contributed by atoms with Gasteiger partial charge in [-0.2, -0.15) is 0 Å². The van der Waals surface area contributed by atoms with E-state index in [9.17, 15) is 9.59 Å². The van der Waals surface area contributed by atoms with Crippen molar-refractivity contribution in [2.75, 3.05) is 12.1 Å². The van der Waals surface area contributed by atoms with Crippen molar-refractivity contribution in [3.63, 3.8) is 0 Å². The minimum atomic E-state index is -0.521. The highest BCUT2D eigenvalue weighted by molar-refractivity contribution is 7.98. The lowest BCUT2D eigenvalue weighted by atomic mass is 9.76. The Kier molecular flexibility index (Phi) is 5.34. The van der Waals surface area contributed by atoms with Gasteiger partial charge in [-0.05, 0) is 42.2 Å². The molecule has 0 spiro atoms. The summed E-state index contributed by atoms with van der Waals surface area (Å²) in [4.78, 5) is 34.1. The van der Waals surface area contributed by atoms with Gasteiger partial charge >= 0.3 is 0 Å². The van der Waals surface area contributed by atoms with E-state index in [4.69, 9.17) is 26.1 Å². The second-order valence-corrected chi connectivity index (χ2v) is 9.72. The molecule has 0 saturated heterocycles. The SMILES string of the molecule is O=C1CCCC2=C1C(c1ccc3c(c1)OCO3)c1c(nc(SCc3ccccc3Cl)[nH]c1=O)N2. The van der Waals surface area contributed by atoms with Crippen LogP contribution in [0.25, 0.3) is 0 Å². The number of nitrogens with zero attached hydrogens (tertiary/aromatic N) is 1. The minimum absolute atomic E-state index is 0.0543. The number of allylic oxidation sites excluding steroid dienone is 2. The smallest absolute Gasteiger partial charge is 0.257 e. The number of halogens is 1. The predicted molar refractivity (Wildman–Crippen MR) is 130 cm³/mol. The first-order valence-corrected chi connectivity index (χ1v) is 12.4. The molecule has 2 aromatic carbocycles. The van der Waals surface area contributed by atoms with Gasteiger partial charge in [-0.1, -0.05) is 47.6 Å². The molecule has 1 aromatic heterocycles. The number of nitrogens with one attached hydrogen (secondary N) is 2. The summed E-state index contributed by atoms with van der Waals surface area (Å²) in [5.74, 6) is 1.85. The van der Waals surface area contributed by atoms with Crippen LogP contribution in [0.5, 0.6) is 11.5 Å². The third-order valence-corrected chi connectivity index (χ3v) is 7.58. The van der Waals surface area contributed by atoms with Crippen LogP contribution >= 0.6 is 23.4 Å². The number of benzene rings is 2. The molecule has 3 aromatic rings. The number of H-pyrrole nitrogens is 1. The topological polar surface area (TPSA) is 93.3 Å². The molecule has 1 atom stereocenters. The van der Waals surface area contributed by atoms with Crippen LogP contribution in [0.15, 0.2) is 63.7 Å². The first-order valence-electron chi connectivity index (χ1n) is 11.0. The van der Waals surface area contributed by atoms with Crippen LogP contribution in [-0.4, -0.2) is 22.5 Å². The Hall–Kier alpha value is -3.23. The highest BCUT2D eigenvalue weighted by Crippen LogP contribution is 2.45. The number of fused-ring (bicyclic) bond motifs is 2. The molecule has 1 aliphatic carbocycles. The summed E-state index contributed by atoms with van der Waals surface area (Å²) < 4.78 is 11.0. The van der Waals surface area contributed by atoms with Crippen molar-refractivity contribution in [2.24, 2.45) is 0 Å². The van der Waals surface area contributed by atoms with Crippen LogP contribution in [0.1, 0.15) is 41.9 Å². The number of carbonyl (C=O) groups is 1. The van der Waals surface area contributed by atoms with E-state index in [2.05, 4.69) is 10.3 Å². The molecule has 0 bridgehead atoms. The van der Waals surface area contributed by atoms with Crippen LogP contribution in [0, 0.1) is 0 Å². The summed E-state index contributed by atoms with van der Waals surface area (Å²) >= 11 is 7.69. The average molecular weight is 494 g/mol. The lowest BCUT2D eigenvalue weighted by molar-refractivity contribution is -0.116. The molecule has 0 saturated carbocycles. The lowest BCUT2D eigenvalue weighted by Gasteiger charge is -2.32. The first kappa shape index (κ1) is 21.3. The summed E-state index contributed by atoms with van der Waals surface area (Å²) in [6.45, 7) is 0.155. The van der Waals surface area contributed by atoms with E-state index in [-0.39, 0.29) is 18.1 Å². The molecule has 172 valence electrons. The molecule has 0 amide bonds. The van der Waals surface area contributed by atoms with E-state index in [1.165, 1.54) is 11.8 Å². The Morgan fingerprint density at radius 2 is 1.94 bits per heavy atom. The summed E-state index contributed by atoms with van der Waals surface area (Å²) in [5.41, 5.74) is 3.41. The minimum Gasteiger partial charge on any atom is -0.454 e.